The number of esters is 1. The molecule has 1 aromatic heterocycles. The zero-order valence-electron chi connectivity index (χ0n) is 19.4. The highest BCUT2D eigenvalue weighted by Gasteiger charge is 2.48. The molecule has 2 aliphatic rings. The molecule has 3 atom stereocenters. The number of aromatic nitrogens is 1. The molecule has 2 saturated heterocycles. The molecule has 1 aromatic carbocycles. The van der Waals surface area contributed by atoms with E-state index >= 15 is 0 Å². The van der Waals surface area contributed by atoms with Crippen LogP contribution in [-0.4, -0.2) is 72.9 Å². The van der Waals surface area contributed by atoms with Gasteiger partial charge in [-0.2, -0.15) is 21.6 Å². The van der Waals surface area contributed by atoms with Gasteiger partial charge in [-0.1, -0.05) is 18.2 Å². The molecule has 2 fully saturated rings. The molecule has 0 saturated carbocycles. The largest absolute Gasteiger partial charge is 0.517 e. The third-order valence-electron chi connectivity index (χ3n) is 6.59. The van der Waals surface area contributed by atoms with Crippen LogP contribution in [0.25, 0.3) is 10.9 Å². The zero-order valence-corrected chi connectivity index (χ0v) is 20.3. The van der Waals surface area contributed by atoms with E-state index in [1.165, 1.54) is 12.1 Å². The average molecular weight is 514 g/mol. The lowest BCUT2D eigenvalue weighted by atomic mass is 9.75. The van der Waals surface area contributed by atoms with Crippen molar-refractivity contribution in [3.63, 3.8) is 0 Å². The molecule has 0 N–H and O–H groups in total. The van der Waals surface area contributed by atoms with Crippen LogP contribution in [0.2, 0.25) is 0 Å². The first kappa shape index (κ1) is 25.1. The lowest BCUT2D eigenvalue weighted by Crippen LogP contribution is -2.53. The maximum Gasteiger partial charge on any atom is 0.517 e. The Hall–Kier alpha value is -3.02. The second-order valence-electron chi connectivity index (χ2n) is 9.14. The van der Waals surface area contributed by atoms with E-state index in [9.17, 15) is 31.2 Å². The van der Waals surface area contributed by atoms with E-state index in [2.05, 4.69) is 0 Å². The van der Waals surface area contributed by atoms with Gasteiger partial charge in [-0.25, -0.2) is 8.77 Å². The minimum absolute atomic E-state index is 0.0730. The third kappa shape index (κ3) is 4.51. The predicted molar refractivity (Wildman–Crippen MR) is 122 cm³/mol. The summed E-state index contributed by atoms with van der Waals surface area (Å²) in [6, 6.07) is 5.95. The molecule has 2 aromatic rings. The Labute approximate surface area is 201 Å². The number of halogens is 3. The molecule has 1 amide bonds. The van der Waals surface area contributed by atoms with Crippen molar-refractivity contribution in [2.45, 2.75) is 31.4 Å². The van der Waals surface area contributed by atoms with Crippen molar-refractivity contribution in [2.75, 3.05) is 27.2 Å². The van der Waals surface area contributed by atoms with Gasteiger partial charge < -0.3 is 14.5 Å². The van der Waals surface area contributed by atoms with Gasteiger partial charge >= 0.3 is 21.5 Å². The maximum atomic E-state index is 13.2. The van der Waals surface area contributed by atoms with Crippen LogP contribution in [0.15, 0.2) is 42.2 Å². The molecular weight excluding hydrogens is 487 g/mol. The number of hydrogen-bond acceptors (Lipinski definition) is 6. The van der Waals surface area contributed by atoms with E-state index in [1.807, 2.05) is 0 Å². The van der Waals surface area contributed by atoms with E-state index in [0.717, 1.165) is 6.20 Å². The number of nitrogens with zero attached hydrogens (tertiary/aromatic N) is 3. The van der Waals surface area contributed by atoms with Crippen LogP contribution in [0.3, 0.4) is 0 Å². The number of hydrogen-bond donors (Lipinski definition) is 0. The lowest BCUT2D eigenvalue weighted by Gasteiger charge is -2.44. The van der Waals surface area contributed by atoms with Gasteiger partial charge in [-0.3, -0.25) is 4.79 Å². The monoisotopic (exact) mass is 513 g/mol. The van der Waals surface area contributed by atoms with Gasteiger partial charge in [0.05, 0.1) is 11.1 Å². The number of benzene rings is 1. The van der Waals surface area contributed by atoms with Gasteiger partial charge in [0, 0.05) is 63.2 Å². The molecule has 0 radical (unpaired) electrons. The summed E-state index contributed by atoms with van der Waals surface area (Å²) in [5, 5.41) is 0.374. The molecule has 0 spiro atoms. The molecule has 3 heterocycles. The fourth-order valence-electron chi connectivity index (χ4n) is 4.87. The highest BCUT2D eigenvalue weighted by atomic mass is 32.2. The van der Waals surface area contributed by atoms with Crippen LogP contribution in [0.5, 0.6) is 0 Å². The maximum absolute atomic E-state index is 13.2. The topological polar surface area (TPSA) is 88.9 Å². The Morgan fingerprint density at radius 2 is 1.89 bits per heavy atom. The van der Waals surface area contributed by atoms with Crippen molar-refractivity contribution >= 4 is 32.8 Å². The van der Waals surface area contributed by atoms with Gasteiger partial charge in [-0.15, -0.1) is 0 Å². The van der Waals surface area contributed by atoms with E-state index in [0.29, 0.717) is 23.1 Å². The first-order valence-electron chi connectivity index (χ1n) is 11.1. The Morgan fingerprint density at radius 3 is 2.54 bits per heavy atom. The molecule has 4 rings (SSSR count). The molecule has 35 heavy (non-hydrogen) atoms. The first-order valence-corrected chi connectivity index (χ1v) is 12.5. The summed E-state index contributed by atoms with van der Waals surface area (Å²) in [7, 11) is -2.05. The number of likely N-dealkylation sites (tertiary alicyclic amines) is 1. The molecule has 0 aliphatic carbocycles. The van der Waals surface area contributed by atoms with Gasteiger partial charge in [-0.05, 0) is 25.0 Å². The van der Waals surface area contributed by atoms with Crippen LogP contribution in [0.4, 0.5) is 13.2 Å². The van der Waals surface area contributed by atoms with E-state index in [1.54, 1.807) is 49.2 Å². The van der Waals surface area contributed by atoms with Crippen molar-refractivity contribution < 1.29 is 35.9 Å². The van der Waals surface area contributed by atoms with Gasteiger partial charge in [0.2, 0.25) is 5.91 Å². The summed E-state index contributed by atoms with van der Waals surface area (Å²) in [6.07, 6.45) is 2.53. The highest BCUT2D eigenvalue weighted by Crippen LogP contribution is 2.39. The number of carbonyl (C=O) groups is 2. The van der Waals surface area contributed by atoms with Gasteiger partial charge in [0.25, 0.3) is 0 Å². The summed E-state index contributed by atoms with van der Waals surface area (Å²) in [5.74, 6) is -1.02. The highest BCUT2D eigenvalue weighted by molar-refractivity contribution is 7.90. The zero-order chi connectivity index (χ0) is 25.7. The fraction of sp³-hybridized carbons (Fsp3) is 0.478. The Kier molecular flexibility index (Phi) is 6.37. The van der Waals surface area contributed by atoms with Crippen LogP contribution < -0.4 is 0 Å². The molecule has 0 bridgehead atoms. The summed E-state index contributed by atoms with van der Waals surface area (Å²) in [6.45, 7) is 2.29. The number of alkyl halides is 3. The van der Waals surface area contributed by atoms with E-state index in [-0.39, 0.29) is 46.6 Å². The normalized spacial score (nSPS) is 24.6. The Balaban J connectivity index is 1.58. The van der Waals surface area contributed by atoms with E-state index in [4.69, 9.17) is 4.74 Å². The van der Waals surface area contributed by atoms with Crippen molar-refractivity contribution in [1.82, 2.24) is 13.8 Å². The minimum Gasteiger partial charge on any atom is -0.459 e. The van der Waals surface area contributed by atoms with Crippen molar-refractivity contribution in [1.29, 1.82) is 0 Å². The second kappa shape index (κ2) is 8.89. The number of amides is 1. The number of carbonyl (C=O) groups excluding carboxylic acids is 2. The average Bonchev–Trinajstić information content (AvgIpc) is 3.14. The summed E-state index contributed by atoms with van der Waals surface area (Å²) < 4.78 is 69.6. The van der Waals surface area contributed by atoms with Gasteiger partial charge in [0.1, 0.15) is 6.10 Å². The van der Waals surface area contributed by atoms with Crippen LogP contribution >= 0.6 is 0 Å². The van der Waals surface area contributed by atoms with Crippen LogP contribution in [0, 0.1) is 11.8 Å². The molecule has 190 valence electrons. The predicted octanol–water partition coefficient (Wildman–Crippen LogP) is 2.74. The quantitative estimate of drug-likeness (QED) is 0.451. The first-order chi connectivity index (χ1) is 16.3. The number of piperidine rings is 1. The number of para-hydroxylation sites is 1. The Morgan fingerprint density at radius 1 is 1.20 bits per heavy atom. The number of rotatable bonds is 5. The van der Waals surface area contributed by atoms with E-state index < -0.39 is 27.6 Å². The Bertz CT molecular complexity index is 1300. The van der Waals surface area contributed by atoms with Crippen molar-refractivity contribution in [3.05, 3.63) is 47.8 Å². The molecular formula is C23H26F3N3O5S. The van der Waals surface area contributed by atoms with Crippen LogP contribution in [0.1, 0.15) is 18.9 Å². The fourth-order valence-corrected chi connectivity index (χ4v) is 5.78. The lowest BCUT2D eigenvalue weighted by molar-refractivity contribution is -0.159. The van der Waals surface area contributed by atoms with Crippen molar-refractivity contribution in [2.24, 2.45) is 11.8 Å². The number of cyclic esters (lactones) is 1. The molecule has 8 nitrogen and oxygen atoms in total. The number of fused-ring (bicyclic) bond motifs is 2. The second-order valence-corrected chi connectivity index (χ2v) is 10.9. The van der Waals surface area contributed by atoms with Gasteiger partial charge in [0.15, 0.2) is 0 Å². The summed E-state index contributed by atoms with van der Waals surface area (Å²) >= 11 is 0. The molecule has 0 unspecified atom stereocenters. The minimum atomic E-state index is -5.60. The number of ether oxygens (including phenoxy) is 1. The van der Waals surface area contributed by atoms with Crippen molar-refractivity contribution in [3.8, 4) is 0 Å². The molecule has 12 heteroatoms. The summed E-state index contributed by atoms with van der Waals surface area (Å²) in [4.78, 5) is 28.7. The SMILES string of the molecule is C[C@@H]1OC(=O)C(=CN(C)C)[C@H]2CC(=O)N(CCc3cn(S(=O)(=O)C(F)(F)F)c4ccccc34)C[C@H]12. The van der Waals surface area contributed by atoms with Crippen LogP contribution in [-0.2, 0) is 30.8 Å². The smallest absolute Gasteiger partial charge is 0.459 e. The molecule has 2 aliphatic heterocycles. The summed E-state index contributed by atoms with van der Waals surface area (Å²) in [5.41, 5.74) is -4.68. The standard InChI is InChI=1S/C23H26F3N3O5S/c1-14-18-13-28(21(30)10-17(18)19(12-27(2)3)22(31)34-14)9-8-15-11-29(35(32,33)23(24,25)26)20-7-5-4-6-16(15)20/h4-7,11-12,14,17-18H,8-10,13H2,1-3H3/t14-,17-,18+/m0/s1. The third-order valence-corrected chi connectivity index (χ3v) is 7.99.